The normalized spacial score (nSPS) is 11.2. The number of anilines is 1. The number of ether oxygens (including phenoxy) is 2. The Balaban J connectivity index is 1.41. The van der Waals surface area contributed by atoms with Crippen LogP contribution in [0, 0.1) is 34.6 Å². The van der Waals surface area contributed by atoms with Crippen molar-refractivity contribution in [2.75, 3.05) is 38.7 Å². The van der Waals surface area contributed by atoms with Crippen LogP contribution in [0.1, 0.15) is 40.6 Å². The van der Waals surface area contributed by atoms with Gasteiger partial charge in [0.1, 0.15) is 5.82 Å². The molecule has 7 nitrogen and oxygen atoms in total. The molecule has 2 aromatic carbocycles. The lowest BCUT2D eigenvalue weighted by Crippen LogP contribution is -2.25. The number of benzene rings is 2. The molecule has 0 aliphatic carbocycles. The molecule has 0 radical (unpaired) electrons. The van der Waals surface area contributed by atoms with E-state index in [9.17, 15) is 0 Å². The molecule has 0 unspecified atom stereocenters. The van der Waals surface area contributed by atoms with Gasteiger partial charge in [-0.3, -0.25) is 0 Å². The molecule has 0 saturated carbocycles. The summed E-state index contributed by atoms with van der Waals surface area (Å²) in [6, 6.07) is 12.7. The van der Waals surface area contributed by atoms with Gasteiger partial charge < -0.3 is 20.1 Å². The second-order valence-corrected chi connectivity index (χ2v) is 9.60. The highest BCUT2D eigenvalue weighted by Crippen LogP contribution is 2.34. The van der Waals surface area contributed by atoms with E-state index in [-0.39, 0.29) is 0 Å². The van der Waals surface area contributed by atoms with Crippen LogP contribution < -0.4 is 20.1 Å². The molecule has 0 aliphatic rings. The third-order valence-corrected chi connectivity index (χ3v) is 6.55. The van der Waals surface area contributed by atoms with Gasteiger partial charge in [0.15, 0.2) is 17.1 Å². The summed E-state index contributed by atoms with van der Waals surface area (Å²) in [6.45, 7) is 15.7. The van der Waals surface area contributed by atoms with E-state index in [0.717, 1.165) is 66.0 Å². The van der Waals surface area contributed by atoms with E-state index in [4.69, 9.17) is 19.6 Å². The van der Waals surface area contributed by atoms with E-state index < -0.39 is 0 Å². The average Bonchev–Trinajstić information content (AvgIpc) is 3.17. The molecule has 4 rings (SSSR count). The van der Waals surface area contributed by atoms with Crippen LogP contribution >= 0.6 is 0 Å². The van der Waals surface area contributed by atoms with E-state index in [2.05, 4.69) is 68.7 Å². The first kappa shape index (κ1) is 26.5. The van der Waals surface area contributed by atoms with Crippen molar-refractivity contribution in [3.8, 4) is 22.6 Å². The van der Waals surface area contributed by atoms with Crippen molar-refractivity contribution >= 4 is 11.5 Å². The van der Waals surface area contributed by atoms with Crippen molar-refractivity contribution < 1.29 is 9.47 Å². The molecule has 0 bridgehead atoms. The lowest BCUT2D eigenvalue weighted by molar-refractivity contribution is 0.310. The number of hydrogen-bond acceptors (Lipinski definition) is 6. The Hall–Kier alpha value is -3.58. The lowest BCUT2D eigenvalue weighted by atomic mass is 9.94. The van der Waals surface area contributed by atoms with Gasteiger partial charge in [0.05, 0.1) is 25.0 Å². The molecule has 0 spiro atoms. The molecular formula is C30H39N5O2. The van der Waals surface area contributed by atoms with Gasteiger partial charge in [-0.05, 0) is 88.9 Å². The second kappa shape index (κ2) is 11.6. The van der Waals surface area contributed by atoms with E-state index in [0.29, 0.717) is 6.61 Å². The van der Waals surface area contributed by atoms with Gasteiger partial charge in [0.25, 0.3) is 0 Å². The number of fused-ring (bicyclic) bond motifs is 1. The van der Waals surface area contributed by atoms with E-state index >= 15 is 0 Å². The minimum atomic E-state index is 0.623. The summed E-state index contributed by atoms with van der Waals surface area (Å²) < 4.78 is 13.0. The maximum atomic E-state index is 5.61. The minimum Gasteiger partial charge on any atom is -0.493 e. The summed E-state index contributed by atoms with van der Waals surface area (Å²) in [5.41, 5.74) is 10.2. The monoisotopic (exact) mass is 501 g/mol. The largest absolute Gasteiger partial charge is 0.493 e. The van der Waals surface area contributed by atoms with Crippen LogP contribution in [-0.4, -0.2) is 47.9 Å². The first-order valence-electron chi connectivity index (χ1n) is 13.0. The third kappa shape index (κ3) is 5.88. The van der Waals surface area contributed by atoms with Gasteiger partial charge in [-0.1, -0.05) is 23.8 Å². The fourth-order valence-corrected chi connectivity index (χ4v) is 5.02. The van der Waals surface area contributed by atoms with Gasteiger partial charge in [-0.15, -0.1) is 0 Å². The predicted molar refractivity (Wildman–Crippen MR) is 151 cm³/mol. The minimum absolute atomic E-state index is 0.623. The zero-order chi connectivity index (χ0) is 26.5. The van der Waals surface area contributed by atoms with Crippen molar-refractivity contribution in [2.45, 2.75) is 48.0 Å². The van der Waals surface area contributed by atoms with Crippen molar-refractivity contribution in [1.82, 2.24) is 19.9 Å². The summed E-state index contributed by atoms with van der Waals surface area (Å²) in [6.07, 6.45) is 0.915. The van der Waals surface area contributed by atoms with Gasteiger partial charge >= 0.3 is 0 Å². The van der Waals surface area contributed by atoms with Crippen LogP contribution in [-0.2, 0) is 6.42 Å². The Morgan fingerprint density at radius 2 is 1.62 bits per heavy atom. The number of rotatable bonds is 11. The summed E-state index contributed by atoms with van der Waals surface area (Å²) in [4.78, 5) is 4.89. The van der Waals surface area contributed by atoms with Gasteiger partial charge in [0, 0.05) is 24.8 Å². The maximum absolute atomic E-state index is 5.61. The van der Waals surface area contributed by atoms with Crippen LogP contribution in [0.3, 0.4) is 0 Å². The number of methoxy groups -OCH3 is 1. The van der Waals surface area contributed by atoms with Crippen LogP contribution in [0.25, 0.3) is 16.8 Å². The van der Waals surface area contributed by atoms with Crippen LogP contribution in [0.5, 0.6) is 11.5 Å². The molecule has 7 heteroatoms. The van der Waals surface area contributed by atoms with E-state index in [1.54, 1.807) is 7.11 Å². The predicted octanol–water partition coefficient (Wildman–Crippen LogP) is 5.59. The number of nitrogens with one attached hydrogen (secondary N) is 2. The molecule has 0 aliphatic heterocycles. The van der Waals surface area contributed by atoms with Crippen LogP contribution in [0.4, 0.5) is 5.82 Å². The van der Waals surface area contributed by atoms with Crippen molar-refractivity contribution in [3.63, 3.8) is 0 Å². The summed E-state index contributed by atoms with van der Waals surface area (Å²) in [5.74, 6) is 2.52. The SMILES string of the molecule is CCOc1ccc(CCNCCNc2cc(C)nc3c(-c4c(C)cc(C)cc4C)c(C)nn23)cc1OC. The zero-order valence-corrected chi connectivity index (χ0v) is 23.2. The Morgan fingerprint density at radius 1 is 0.865 bits per heavy atom. The molecule has 2 heterocycles. The third-order valence-electron chi connectivity index (χ3n) is 6.55. The molecule has 4 aromatic rings. The molecule has 196 valence electrons. The first-order valence-corrected chi connectivity index (χ1v) is 13.0. The number of hydrogen-bond donors (Lipinski definition) is 2. The zero-order valence-electron chi connectivity index (χ0n) is 23.2. The summed E-state index contributed by atoms with van der Waals surface area (Å²) in [7, 11) is 1.68. The average molecular weight is 502 g/mol. The number of nitrogens with zero attached hydrogens (tertiary/aromatic N) is 3. The fraction of sp³-hybridized carbons (Fsp3) is 0.400. The topological polar surface area (TPSA) is 72.7 Å². The quantitative estimate of drug-likeness (QED) is 0.261. The highest BCUT2D eigenvalue weighted by Gasteiger charge is 2.19. The molecule has 2 aromatic heterocycles. The highest BCUT2D eigenvalue weighted by atomic mass is 16.5. The Kier molecular flexibility index (Phi) is 8.34. The van der Waals surface area contributed by atoms with Crippen molar-refractivity contribution in [1.29, 1.82) is 0 Å². The van der Waals surface area contributed by atoms with E-state index in [1.807, 2.05) is 24.4 Å². The smallest absolute Gasteiger partial charge is 0.165 e. The summed E-state index contributed by atoms with van der Waals surface area (Å²) >= 11 is 0. The van der Waals surface area contributed by atoms with Crippen LogP contribution in [0.15, 0.2) is 36.4 Å². The second-order valence-electron chi connectivity index (χ2n) is 9.60. The van der Waals surface area contributed by atoms with Gasteiger partial charge in [-0.2, -0.15) is 9.61 Å². The van der Waals surface area contributed by atoms with Crippen molar-refractivity contribution in [3.05, 3.63) is 70.0 Å². The Morgan fingerprint density at radius 3 is 2.32 bits per heavy atom. The van der Waals surface area contributed by atoms with Gasteiger partial charge in [-0.25, -0.2) is 4.98 Å². The molecule has 37 heavy (non-hydrogen) atoms. The summed E-state index contributed by atoms with van der Waals surface area (Å²) in [5, 5.41) is 12.0. The molecule has 0 amide bonds. The fourth-order valence-electron chi connectivity index (χ4n) is 5.02. The lowest BCUT2D eigenvalue weighted by Gasteiger charge is -2.13. The maximum Gasteiger partial charge on any atom is 0.165 e. The molecule has 2 N–H and O–H groups in total. The first-order chi connectivity index (χ1) is 17.8. The van der Waals surface area contributed by atoms with Gasteiger partial charge in [0.2, 0.25) is 0 Å². The van der Waals surface area contributed by atoms with E-state index in [1.165, 1.54) is 27.8 Å². The molecular weight excluding hydrogens is 462 g/mol. The number of aryl methyl sites for hydroxylation is 5. The van der Waals surface area contributed by atoms with Crippen molar-refractivity contribution in [2.24, 2.45) is 0 Å². The highest BCUT2D eigenvalue weighted by molar-refractivity contribution is 5.84. The van der Waals surface area contributed by atoms with Crippen LogP contribution in [0.2, 0.25) is 0 Å². The molecule has 0 atom stereocenters. The molecule has 0 saturated heterocycles. The molecule has 0 fully saturated rings. The number of aromatic nitrogens is 3. The Labute approximate surface area is 220 Å². The Bertz CT molecular complexity index is 1370. The standard InChI is InChI=1S/C30H39N5O2/c1-8-37-25-10-9-24(18-26(25)36-7)11-12-31-13-14-32-27-17-22(5)33-30-29(23(6)34-35(27)30)28-20(3)15-19(2)16-21(28)4/h9-10,15-18,31-32H,8,11-14H2,1-7H3.